The van der Waals surface area contributed by atoms with Crippen LogP contribution in [-0.2, 0) is 11.2 Å². The van der Waals surface area contributed by atoms with Crippen molar-refractivity contribution < 1.29 is 13.6 Å². The fraction of sp³-hybridized carbons (Fsp3) is 0.462. The van der Waals surface area contributed by atoms with E-state index < -0.39 is 11.6 Å². The molecule has 0 aliphatic carbocycles. The van der Waals surface area contributed by atoms with Gasteiger partial charge in [-0.1, -0.05) is 12.1 Å². The first kappa shape index (κ1) is 14.6. The van der Waals surface area contributed by atoms with Crippen LogP contribution in [0.4, 0.5) is 8.78 Å². The summed E-state index contributed by atoms with van der Waals surface area (Å²) in [6, 6.07) is 3.84. The predicted octanol–water partition coefficient (Wildman–Crippen LogP) is 1.70. The van der Waals surface area contributed by atoms with Crippen LogP contribution >= 0.6 is 0 Å². The van der Waals surface area contributed by atoms with E-state index in [0.29, 0.717) is 13.0 Å². The molecule has 1 unspecified atom stereocenters. The van der Waals surface area contributed by atoms with E-state index in [2.05, 4.69) is 0 Å². The summed E-state index contributed by atoms with van der Waals surface area (Å²) in [6.45, 7) is 2.36. The maximum Gasteiger partial charge on any atom is 0.226 e. The van der Waals surface area contributed by atoms with Crippen LogP contribution in [0.3, 0.4) is 0 Å². The first-order valence-electron chi connectivity index (χ1n) is 5.84. The summed E-state index contributed by atoms with van der Waals surface area (Å²) in [5.74, 6) is -2.13. The number of carbonyl (C=O) groups excluding carboxylic acids is 1. The summed E-state index contributed by atoms with van der Waals surface area (Å²) in [7, 11) is 1.63. The predicted molar refractivity (Wildman–Crippen MR) is 66.0 cm³/mol. The van der Waals surface area contributed by atoms with Crippen LogP contribution in [0.5, 0.6) is 0 Å². The standard InChI is InChI=1S/C13H18F2N2O/c1-9(16)6-7-17(2)12(18)8-10-4-3-5-11(14)13(10)15/h3-5,9H,6-8,16H2,1-2H3. The van der Waals surface area contributed by atoms with Crippen LogP contribution in [0.15, 0.2) is 18.2 Å². The van der Waals surface area contributed by atoms with E-state index in [1.165, 1.54) is 17.0 Å². The highest BCUT2D eigenvalue weighted by Crippen LogP contribution is 2.12. The zero-order valence-corrected chi connectivity index (χ0v) is 10.6. The van der Waals surface area contributed by atoms with Gasteiger partial charge >= 0.3 is 0 Å². The van der Waals surface area contributed by atoms with Crippen LogP contribution < -0.4 is 5.73 Å². The Hall–Kier alpha value is -1.49. The minimum absolute atomic E-state index is 0.00570. The number of hydrogen-bond donors (Lipinski definition) is 1. The van der Waals surface area contributed by atoms with Gasteiger partial charge in [0.2, 0.25) is 5.91 Å². The number of hydrogen-bond acceptors (Lipinski definition) is 2. The van der Waals surface area contributed by atoms with E-state index in [0.717, 1.165) is 6.07 Å². The van der Waals surface area contributed by atoms with E-state index in [-0.39, 0.29) is 23.9 Å². The number of likely N-dealkylation sites (N-methyl/N-ethyl adjacent to an activating group) is 1. The van der Waals surface area contributed by atoms with Gasteiger partial charge in [0.15, 0.2) is 11.6 Å². The molecule has 18 heavy (non-hydrogen) atoms. The molecule has 0 spiro atoms. The molecule has 1 aromatic rings. The van der Waals surface area contributed by atoms with E-state index in [1.807, 2.05) is 6.92 Å². The van der Waals surface area contributed by atoms with Gasteiger partial charge in [0, 0.05) is 25.2 Å². The van der Waals surface area contributed by atoms with Crippen LogP contribution in [0.1, 0.15) is 18.9 Å². The molecular formula is C13H18F2N2O. The lowest BCUT2D eigenvalue weighted by molar-refractivity contribution is -0.129. The van der Waals surface area contributed by atoms with Crippen molar-refractivity contribution in [3.63, 3.8) is 0 Å². The average Bonchev–Trinajstić information content (AvgIpc) is 2.31. The Morgan fingerprint density at radius 2 is 2.11 bits per heavy atom. The quantitative estimate of drug-likeness (QED) is 0.871. The molecule has 0 bridgehead atoms. The summed E-state index contributed by atoms with van der Waals surface area (Å²) < 4.78 is 26.3. The molecule has 5 heteroatoms. The van der Waals surface area contributed by atoms with Crippen molar-refractivity contribution in [2.24, 2.45) is 5.73 Å². The van der Waals surface area contributed by atoms with Gasteiger partial charge in [0.05, 0.1) is 6.42 Å². The van der Waals surface area contributed by atoms with Crippen molar-refractivity contribution in [2.75, 3.05) is 13.6 Å². The lowest BCUT2D eigenvalue weighted by Gasteiger charge is -2.18. The summed E-state index contributed by atoms with van der Waals surface area (Å²) in [6.07, 6.45) is 0.535. The zero-order valence-electron chi connectivity index (χ0n) is 10.6. The van der Waals surface area contributed by atoms with Crippen molar-refractivity contribution in [3.05, 3.63) is 35.4 Å². The topological polar surface area (TPSA) is 46.3 Å². The molecule has 0 saturated heterocycles. The molecule has 0 aliphatic rings. The second kappa shape index (κ2) is 6.44. The van der Waals surface area contributed by atoms with E-state index in [4.69, 9.17) is 5.73 Å². The molecular weight excluding hydrogens is 238 g/mol. The van der Waals surface area contributed by atoms with Gasteiger partial charge < -0.3 is 10.6 Å². The number of nitrogens with zero attached hydrogens (tertiary/aromatic N) is 1. The Bertz CT molecular complexity index is 421. The average molecular weight is 256 g/mol. The zero-order chi connectivity index (χ0) is 13.7. The second-order valence-corrected chi connectivity index (χ2v) is 4.47. The smallest absolute Gasteiger partial charge is 0.226 e. The van der Waals surface area contributed by atoms with Crippen LogP contribution in [0, 0.1) is 11.6 Å². The Balaban J connectivity index is 2.61. The third-order valence-electron chi connectivity index (χ3n) is 2.72. The van der Waals surface area contributed by atoms with Crippen molar-refractivity contribution in [1.29, 1.82) is 0 Å². The third-order valence-corrected chi connectivity index (χ3v) is 2.72. The maximum atomic E-state index is 13.4. The molecule has 1 aromatic carbocycles. The number of amides is 1. The number of halogens is 2. The Kier molecular flexibility index (Phi) is 5.22. The fourth-order valence-corrected chi connectivity index (χ4v) is 1.50. The molecule has 100 valence electrons. The molecule has 0 fully saturated rings. The molecule has 1 atom stereocenters. The first-order chi connectivity index (χ1) is 8.41. The molecule has 0 heterocycles. The van der Waals surface area contributed by atoms with Crippen LogP contribution in [-0.4, -0.2) is 30.4 Å². The van der Waals surface area contributed by atoms with Gasteiger partial charge in [-0.3, -0.25) is 4.79 Å². The van der Waals surface area contributed by atoms with E-state index in [1.54, 1.807) is 7.05 Å². The molecule has 3 nitrogen and oxygen atoms in total. The highest BCUT2D eigenvalue weighted by atomic mass is 19.2. The van der Waals surface area contributed by atoms with Crippen LogP contribution in [0.25, 0.3) is 0 Å². The third kappa shape index (κ3) is 4.07. The maximum absolute atomic E-state index is 13.4. The number of benzene rings is 1. The molecule has 1 rings (SSSR count). The molecule has 0 aliphatic heterocycles. The fourth-order valence-electron chi connectivity index (χ4n) is 1.50. The van der Waals surface area contributed by atoms with Crippen molar-refractivity contribution >= 4 is 5.91 Å². The largest absolute Gasteiger partial charge is 0.345 e. The Morgan fingerprint density at radius 1 is 1.44 bits per heavy atom. The van der Waals surface area contributed by atoms with Gasteiger partial charge in [-0.25, -0.2) is 8.78 Å². The van der Waals surface area contributed by atoms with Gasteiger partial charge in [-0.15, -0.1) is 0 Å². The highest BCUT2D eigenvalue weighted by Gasteiger charge is 2.14. The summed E-state index contributed by atoms with van der Waals surface area (Å²) in [4.78, 5) is 13.3. The molecule has 0 saturated carbocycles. The van der Waals surface area contributed by atoms with Gasteiger partial charge in [0.1, 0.15) is 0 Å². The SMILES string of the molecule is CC(N)CCN(C)C(=O)Cc1cccc(F)c1F. The minimum atomic E-state index is -0.952. The van der Waals surface area contributed by atoms with Crippen molar-refractivity contribution in [2.45, 2.75) is 25.8 Å². The van der Waals surface area contributed by atoms with Gasteiger partial charge in [-0.2, -0.15) is 0 Å². The van der Waals surface area contributed by atoms with Crippen LogP contribution in [0.2, 0.25) is 0 Å². The molecule has 1 amide bonds. The van der Waals surface area contributed by atoms with Crippen molar-refractivity contribution in [3.8, 4) is 0 Å². The summed E-state index contributed by atoms with van der Waals surface area (Å²) in [5.41, 5.74) is 5.67. The second-order valence-electron chi connectivity index (χ2n) is 4.47. The highest BCUT2D eigenvalue weighted by molar-refractivity contribution is 5.78. The lowest BCUT2D eigenvalue weighted by Crippen LogP contribution is -2.32. The monoisotopic (exact) mass is 256 g/mol. The summed E-state index contributed by atoms with van der Waals surface area (Å²) in [5, 5.41) is 0. The molecule has 2 N–H and O–H groups in total. The van der Waals surface area contributed by atoms with E-state index >= 15 is 0 Å². The Labute approximate surface area is 106 Å². The number of nitrogens with two attached hydrogens (primary N) is 1. The minimum Gasteiger partial charge on any atom is -0.345 e. The Morgan fingerprint density at radius 3 is 2.72 bits per heavy atom. The summed E-state index contributed by atoms with van der Waals surface area (Å²) >= 11 is 0. The normalized spacial score (nSPS) is 12.3. The van der Waals surface area contributed by atoms with E-state index in [9.17, 15) is 13.6 Å². The van der Waals surface area contributed by atoms with Crippen molar-refractivity contribution in [1.82, 2.24) is 4.90 Å². The molecule has 0 radical (unpaired) electrons. The first-order valence-corrected chi connectivity index (χ1v) is 5.84. The number of carbonyl (C=O) groups is 1. The molecule has 0 aromatic heterocycles. The lowest BCUT2D eigenvalue weighted by atomic mass is 10.1. The van der Waals surface area contributed by atoms with Gasteiger partial charge in [-0.05, 0) is 19.4 Å². The number of rotatable bonds is 5. The van der Waals surface area contributed by atoms with Gasteiger partial charge in [0.25, 0.3) is 0 Å².